The molecule has 2 heteroatoms. The van der Waals surface area contributed by atoms with E-state index in [-0.39, 0.29) is 0 Å². The molecule has 0 atom stereocenters. The van der Waals surface area contributed by atoms with E-state index < -0.39 is 0 Å². The summed E-state index contributed by atoms with van der Waals surface area (Å²) in [6.45, 7) is 2.09. The van der Waals surface area contributed by atoms with Crippen LogP contribution in [-0.2, 0) is 6.00 Å². The Morgan fingerprint density at radius 1 is 1.33 bits per heavy atom. The average Bonchev–Trinajstić information content (AvgIpc) is 2.46. The van der Waals surface area contributed by atoms with Gasteiger partial charge < -0.3 is 4.57 Å². The smallest absolute Gasteiger partial charge is 0.0971 e. The van der Waals surface area contributed by atoms with Crippen LogP contribution in [0.15, 0.2) is 30.5 Å². The van der Waals surface area contributed by atoms with Crippen molar-refractivity contribution >= 4 is 22.5 Å². The molecule has 0 aliphatic heterocycles. The first kappa shape index (κ1) is 7.69. The van der Waals surface area contributed by atoms with Gasteiger partial charge in [-0.2, -0.15) is 0 Å². The number of benzene rings is 1. The zero-order chi connectivity index (χ0) is 8.55. The van der Waals surface area contributed by atoms with Crippen molar-refractivity contribution in [1.82, 2.24) is 4.57 Å². The highest BCUT2D eigenvalue weighted by atomic mass is 35.5. The number of rotatable bonds is 1. The SMILES string of the molecule is Cc1ccc2c(ccn2CCl)c1. The number of aromatic nitrogens is 1. The summed E-state index contributed by atoms with van der Waals surface area (Å²) in [4.78, 5) is 0. The van der Waals surface area contributed by atoms with Crippen molar-refractivity contribution in [3.8, 4) is 0 Å². The van der Waals surface area contributed by atoms with E-state index >= 15 is 0 Å². The second-order valence-corrected chi connectivity index (χ2v) is 3.21. The fourth-order valence-electron chi connectivity index (χ4n) is 1.42. The number of aryl methyl sites for hydroxylation is 1. The maximum Gasteiger partial charge on any atom is 0.0971 e. The number of hydrogen-bond donors (Lipinski definition) is 0. The first-order valence-electron chi connectivity index (χ1n) is 3.93. The quantitative estimate of drug-likeness (QED) is 0.593. The van der Waals surface area contributed by atoms with Gasteiger partial charge in [0.25, 0.3) is 0 Å². The summed E-state index contributed by atoms with van der Waals surface area (Å²) < 4.78 is 2.02. The Morgan fingerprint density at radius 2 is 2.17 bits per heavy atom. The third-order valence-electron chi connectivity index (χ3n) is 2.06. The Morgan fingerprint density at radius 3 is 2.92 bits per heavy atom. The molecule has 0 saturated heterocycles. The summed E-state index contributed by atoms with van der Waals surface area (Å²) in [7, 11) is 0. The van der Waals surface area contributed by atoms with E-state index in [1.54, 1.807) is 0 Å². The van der Waals surface area contributed by atoms with E-state index in [2.05, 4.69) is 31.2 Å². The molecule has 0 radical (unpaired) electrons. The second-order valence-electron chi connectivity index (χ2n) is 2.97. The van der Waals surface area contributed by atoms with Crippen molar-refractivity contribution in [2.24, 2.45) is 0 Å². The molecule has 0 bridgehead atoms. The van der Waals surface area contributed by atoms with Crippen molar-refractivity contribution in [2.45, 2.75) is 12.9 Å². The largest absolute Gasteiger partial charge is 0.333 e. The summed E-state index contributed by atoms with van der Waals surface area (Å²) in [5.41, 5.74) is 2.49. The van der Waals surface area contributed by atoms with Gasteiger partial charge in [-0.25, -0.2) is 0 Å². The van der Waals surface area contributed by atoms with E-state index in [1.807, 2.05) is 10.8 Å². The van der Waals surface area contributed by atoms with Crippen molar-refractivity contribution in [3.05, 3.63) is 36.0 Å². The average molecular weight is 180 g/mol. The molecule has 0 unspecified atom stereocenters. The van der Waals surface area contributed by atoms with E-state index in [4.69, 9.17) is 11.6 Å². The van der Waals surface area contributed by atoms with Gasteiger partial charge in [-0.05, 0) is 30.5 Å². The standard InChI is InChI=1S/C10H10ClN/c1-8-2-3-10-9(6-8)4-5-12(10)7-11/h2-6H,7H2,1H3. The zero-order valence-corrected chi connectivity index (χ0v) is 7.67. The van der Waals surface area contributed by atoms with Crippen molar-refractivity contribution < 1.29 is 0 Å². The Hall–Kier alpha value is -0.950. The third-order valence-corrected chi connectivity index (χ3v) is 2.31. The van der Waals surface area contributed by atoms with Crippen LogP contribution in [-0.4, -0.2) is 4.57 Å². The van der Waals surface area contributed by atoms with Crippen LogP contribution >= 0.6 is 11.6 Å². The lowest BCUT2D eigenvalue weighted by Crippen LogP contribution is -1.87. The van der Waals surface area contributed by atoms with E-state index in [0.29, 0.717) is 6.00 Å². The van der Waals surface area contributed by atoms with Gasteiger partial charge in [0.2, 0.25) is 0 Å². The molecule has 0 aliphatic rings. The third kappa shape index (κ3) is 1.10. The van der Waals surface area contributed by atoms with Gasteiger partial charge >= 0.3 is 0 Å². The number of hydrogen-bond acceptors (Lipinski definition) is 0. The van der Waals surface area contributed by atoms with Crippen molar-refractivity contribution in [3.63, 3.8) is 0 Å². The molecule has 1 nitrogen and oxygen atoms in total. The van der Waals surface area contributed by atoms with Gasteiger partial charge in [0, 0.05) is 11.7 Å². The fraction of sp³-hybridized carbons (Fsp3) is 0.200. The van der Waals surface area contributed by atoms with Crippen LogP contribution in [0.25, 0.3) is 10.9 Å². The summed E-state index contributed by atoms with van der Waals surface area (Å²) in [6, 6.07) is 8.98. The van der Waals surface area contributed by atoms with Crippen LogP contribution in [0.3, 0.4) is 0 Å². The molecule has 2 rings (SSSR count). The molecule has 0 amide bonds. The molecule has 1 aromatic heterocycles. The molecule has 0 aliphatic carbocycles. The molecule has 62 valence electrons. The lowest BCUT2D eigenvalue weighted by atomic mass is 10.2. The summed E-state index contributed by atoms with van der Waals surface area (Å²) in [5.74, 6) is 0. The minimum absolute atomic E-state index is 0.520. The van der Waals surface area contributed by atoms with E-state index in [9.17, 15) is 0 Å². The highest BCUT2D eigenvalue weighted by molar-refractivity contribution is 6.15. The van der Waals surface area contributed by atoms with E-state index in [0.717, 1.165) is 0 Å². The lowest BCUT2D eigenvalue weighted by Gasteiger charge is -1.98. The van der Waals surface area contributed by atoms with Crippen LogP contribution in [0.5, 0.6) is 0 Å². The van der Waals surface area contributed by atoms with Crippen LogP contribution in [0.4, 0.5) is 0 Å². The Labute approximate surface area is 76.6 Å². The molecular weight excluding hydrogens is 170 g/mol. The normalized spacial score (nSPS) is 10.8. The topological polar surface area (TPSA) is 4.93 Å². The number of nitrogens with zero attached hydrogens (tertiary/aromatic N) is 1. The molecule has 1 heterocycles. The Bertz CT molecular complexity index is 403. The minimum atomic E-state index is 0.520. The van der Waals surface area contributed by atoms with Crippen LogP contribution in [0.1, 0.15) is 5.56 Å². The highest BCUT2D eigenvalue weighted by Gasteiger charge is 1.98. The molecule has 0 fully saturated rings. The number of halogens is 1. The molecule has 1 aromatic carbocycles. The van der Waals surface area contributed by atoms with E-state index in [1.165, 1.54) is 16.5 Å². The fourth-order valence-corrected chi connectivity index (χ4v) is 1.63. The summed E-state index contributed by atoms with van der Waals surface area (Å²) in [6.07, 6.45) is 2.01. The number of alkyl halides is 1. The van der Waals surface area contributed by atoms with Gasteiger partial charge in [-0.15, -0.1) is 11.6 Å². The summed E-state index contributed by atoms with van der Waals surface area (Å²) >= 11 is 5.75. The minimum Gasteiger partial charge on any atom is -0.333 e. The highest BCUT2D eigenvalue weighted by Crippen LogP contribution is 2.17. The van der Waals surface area contributed by atoms with Crippen LogP contribution < -0.4 is 0 Å². The van der Waals surface area contributed by atoms with Gasteiger partial charge in [0.05, 0.1) is 6.00 Å². The molecular formula is C10H10ClN. The van der Waals surface area contributed by atoms with Crippen LogP contribution in [0, 0.1) is 6.92 Å². The molecule has 0 N–H and O–H groups in total. The van der Waals surface area contributed by atoms with Crippen LogP contribution in [0.2, 0.25) is 0 Å². The summed E-state index contributed by atoms with van der Waals surface area (Å²) in [5, 5.41) is 1.26. The Balaban J connectivity index is 2.73. The van der Waals surface area contributed by atoms with Gasteiger partial charge in [-0.3, -0.25) is 0 Å². The predicted molar refractivity (Wildman–Crippen MR) is 52.5 cm³/mol. The molecule has 0 spiro atoms. The van der Waals surface area contributed by atoms with Gasteiger partial charge in [0.1, 0.15) is 0 Å². The van der Waals surface area contributed by atoms with Crippen molar-refractivity contribution in [1.29, 1.82) is 0 Å². The predicted octanol–water partition coefficient (Wildman–Crippen LogP) is 3.15. The van der Waals surface area contributed by atoms with Gasteiger partial charge in [0.15, 0.2) is 0 Å². The second kappa shape index (κ2) is 2.83. The number of fused-ring (bicyclic) bond motifs is 1. The van der Waals surface area contributed by atoms with Gasteiger partial charge in [-0.1, -0.05) is 11.6 Å². The maximum absolute atomic E-state index is 5.75. The molecule has 2 aromatic rings. The van der Waals surface area contributed by atoms with Crippen molar-refractivity contribution in [2.75, 3.05) is 0 Å². The first-order valence-corrected chi connectivity index (χ1v) is 4.46. The lowest BCUT2D eigenvalue weighted by molar-refractivity contribution is 0.932. The maximum atomic E-state index is 5.75. The zero-order valence-electron chi connectivity index (χ0n) is 6.92. The first-order chi connectivity index (χ1) is 5.81. The molecule has 12 heavy (non-hydrogen) atoms. The monoisotopic (exact) mass is 179 g/mol. The Kier molecular flexibility index (Phi) is 1.81. The molecule has 0 saturated carbocycles.